The van der Waals surface area contributed by atoms with Gasteiger partial charge in [-0.15, -0.1) is 0 Å². The van der Waals surface area contributed by atoms with Crippen molar-refractivity contribution in [2.24, 2.45) is 0 Å². The Morgan fingerprint density at radius 3 is 2.33 bits per heavy atom. The van der Waals surface area contributed by atoms with E-state index in [-0.39, 0.29) is 0 Å². The van der Waals surface area contributed by atoms with Crippen LogP contribution in [0.4, 0.5) is 0 Å². The highest BCUT2D eigenvalue weighted by atomic mass is 16.6. The lowest BCUT2D eigenvalue weighted by molar-refractivity contribution is -0.0175. The van der Waals surface area contributed by atoms with Gasteiger partial charge in [0.25, 0.3) is 8.05 Å². The topological polar surface area (TPSA) is 12.5 Å². The summed E-state index contributed by atoms with van der Waals surface area (Å²) in [5.41, 5.74) is 0. The van der Waals surface area contributed by atoms with Crippen molar-refractivity contribution >= 4 is 8.05 Å². The second-order valence-electron chi connectivity index (χ2n) is 1.13. The summed E-state index contributed by atoms with van der Waals surface area (Å²) < 4.78 is 4.73. The first-order valence-corrected chi connectivity index (χ1v) is 2.06. The summed E-state index contributed by atoms with van der Waals surface area (Å²) in [4.78, 5) is 0. The van der Waals surface area contributed by atoms with Crippen LogP contribution in [0.1, 0.15) is 6.92 Å². The van der Waals surface area contributed by atoms with E-state index in [9.17, 15) is 0 Å². The maximum Gasteiger partial charge on any atom is 0.287 e. The normalized spacial score (nSPS) is 9.83. The van der Waals surface area contributed by atoms with E-state index in [1.54, 1.807) is 13.1 Å². The van der Waals surface area contributed by atoms with E-state index in [0.29, 0.717) is 0 Å². The highest BCUT2D eigenvalue weighted by molar-refractivity contribution is 5.97. The van der Waals surface area contributed by atoms with Gasteiger partial charge in [-0.1, -0.05) is 6.92 Å². The monoisotopic (exact) mass is 87.1 g/mol. The molecule has 0 aromatic heterocycles. The van der Waals surface area contributed by atoms with E-state index in [0.717, 1.165) is 6.54 Å². The Balaban J connectivity index is 2.75. The Bertz CT molecular complexity index is 30.0. The third kappa shape index (κ3) is 2.24. The second kappa shape index (κ2) is 3.19. The predicted molar refractivity (Wildman–Crippen MR) is 27.9 cm³/mol. The molecule has 0 aliphatic carbocycles. The first-order chi connectivity index (χ1) is 2.81. The molecule has 0 fully saturated rings. The molecule has 0 heterocycles. The van der Waals surface area contributed by atoms with E-state index in [1.807, 2.05) is 14.0 Å². The second-order valence-corrected chi connectivity index (χ2v) is 1.13. The molecule has 0 atom stereocenters. The van der Waals surface area contributed by atoms with E-state index < -0.39 is 0 Å². The van der Waals surface area contributed by atoms with E-state index >= 15 is 0 Å². The smallest absolute Gasteiger partial charge is 0.287 e. The predicted octanol–water partition coefficient (Wildman–Crippen LogP) is -0.582. The summed E-state index contributed by atoms with van der Waals surface area (Å²) >= 11 is 0. The zero-order chi connectivity index (χ0) is 4.99. The van der Waals surface area contributed by atoms with Crippen molar-refractivity contribution in [1.82, 2.24) is 5.06 Å². The molecule has 0 rings (SSSR count). The van der Waals surface area contributed by atoms with Crippen LogP contribution >= 0.6 is 0 Å². The maximum absolute atomic E-state index is 4.73. The number of hydroxylamine groups is 2. The molecule has 0 aromatic carbocycles. The molecule has 0 aliphatic heterocycles. The highest BCUT2D eigenvalue weighted by Crippen LogP contribution is 1.73. The Labute approximate surface area is 39.5 Å². The molecular weight excluding hydrogens is 76.9 g/mol. The van der Waals surface area contributed by atoms with Gasteiger partial charge < -0.3 is 4.76 Å². The van der Waals surface area contributed by atoms with Crippen LogP contribution < -0.4 is 0 Å². The standard InChI is InChI=1S/C3H10BNO/c1-3-5(2)6-4/h3-4H2,1-2H3. The van der Waals surface area contributed by atoms with Crippen molar-refractivity contribution < 1.29 is 4.76 Å². The fraction of sp³-hybridized carbons (Fsp3) is 1.00. The van der Waals surface area contributed by atoms with E-state index in [1.165, 1.54) is 0 Å². The molecule has 0 saturated heterocycles. The summed E-state index contributed by atoms with van der Waals surface area (Å²) in [7, 11) is 3.55. The number of rotatable bonds is 2. The van der Waals surface area contributed by atoms with Crippen LogP contribution in [-0.2, 0) is 4.76 Å². The van der Waals surface area contributed by atoms with Gasteiger partial charge in [0.2, 0.25) is 0 Å². The molecule has 0 unspecified atom stereocenters. The molecule has 6 heavy (non-hydrogen) atoms. The summed E-state index contributed by atoms with van der Waals surface area (Å²) in [6, 6.07) is 0. The van der Waals surface area contributed by atoms with Gasteiger partial charge in [0.1, 0.15) is 0 Å². The molecule has 0 amide bonds. The fourth-order valence-corrected chi connectivity index (χ4v) is 0.129. The van der Waals surface area contributed by atoms with Crippen LogP contribution in [-0.4, -0.2) is 26.7 Å². The number of hydrogen-bond donors (Lipinski definition) is 0. The Hall–Kier alpha value is -0.0151. The zero-order valence-electron chi connectivity index (χ0n) is 4.56. The third-order valence-corrected chi connectivity index (χ3v) is 0.757. The molecule has 0 saturated carbocycles. The quantitative estimate of drug-likeness (QED) is 0.330. The zero-order valence-corrected chi connectivity index (χ0v) is 4.56. The first-order valence-electron chi connectivity index (χ1n) is 2.06. The van der Waals surface area contributed by atoms with Gasteiger partial charge in [-0.05, 0) is 0 Å². The number of hydrogen-bond acceptors (Lipinski definition) is 2. The Morgan fingerprint density at radius 1 is 1.83 bits per heavy atom. The number of nitrogens with zero attached hydrogens (tertiary/aromatic N) is 1. The van der Waals surface area contributed by atoms with Crippen LogP contribution in [0.15, 0.2) is 0 Å². The molecule has 0 spiro atoms. The van der Waals surface area contributed by atoms with E-state index in [2.05, 4.69) is 0 Å². The average molecular weight is 86.9 g/mol. The molecule has 0 aliphatic rings. The lowest BCUT2D eigenvalue weighted by Gasteiger charge is -2.08. The van der Waals surface area contributed by atoms with Crippen LogP contribution in [0.5, 0.6) is 0 Å². The summed E-state index contributed by atoms with van der Waals surface area (Å²) in [5, 5.41) is 1.75. The molecule has 0 aromatic rings. The molecule has 36 valence electrons. The van der Waals surface area contributed by atoms with Crippen molar-refractivity contribution in [1.29, 1.82) is 0 Å². The van der Waals surface area contributed by atoms with Gasteiger partial charge in [0, 0.05) is 13.6 Å². The lowest BCUT2D eigenvalue weighted by Crippen LogP contribution is -2.15. The molecule has 3 heteroatoms. The Morgan fingerprint density at radius 2 is 2.33 bits per heavy atom. The van der Waals surface area contributed by atoms with E-state index in [4.69, 9.17) is 4.76 Å². The van der Waals surface area contributed by atoms with Gasteiger partial charge in [0.15, 0.2) is 0 Å². The molecule has 0 radical (unpaired) electrons. The van der Waals surface area contributed by atoms with Crippen molar-refractivity contribution in [3.05, 3.63) is 0 Å². The van der Waals surface area contributed by atoms with Gasteiger partial charge >= 0.3 is 0 Å². The highest BCUT2D eigenvalue weighted by Gasteiger charge is 1.81. The van der Waals surface area contributed by atoms with Crippen LogP contribution in [0.25, 0.3) is 0 Å². The van der Waals surface area contributed by atoms with Crippen LogP contribution in [0.3, 0.4) is 0 Å². The summed E-state index contributed by atoms with van der Waals surface area (Å²) in [6.45, 7) is 2.97. The molecule has 0 N–H and O–H groups in total. The van der Waals surface area contributed by atoms with Gasteiger partial charge in [-0.2, -0.15) is 0 Å². The van der Waals surface area contributed by atoms with Crippen molar-refractivity contribution in [3.63, 3.8) is 0 Å². The fourth-order valence-electron chi connectivity index (χ4n) is 0.129. The minimum atomic E-state index is 0.941. The Kier molecular flexibility index (Phi) is 3.18. The maximum atomic E-state index is 4.73. The van der Waals surface area contributed by atoms with Gasteiger partial charge in [0.05, 0.1) is 0 Å². The summed E-state index contributed by atoms with van der Waals surface area (Å²) in [6.07, 6.45) is 0. The molecular formula is C3H10BNO. The first kappa shape index (κ1) is 5.98. The van der Waals surface area contributed by atoms with Crippen molar-refractivity contribution in [2.45, 2.75) is 6.92 Å². The minimum Gasteiger partial charge on any atom is -0.371 e. The lowest BCUT2D eigenvalue weighted by atomic mass is 10.6. The SMILES string of the molecule is BON(C)CC. The average Bonchev–Trinajstić information content (AvgIpc) is 1.65. The van der Waals surface area contributed by atoms with Crippen molar-refractivity contribution in [2.75, 3.05) is 13.6 Å². The van der Waals surface area contributed by atoms with Crippen LogP contribution in [0, 0.1) is 0 Å². The molecule has 0 bridgehead atoms. The van der Waals surface area contributed by atoms with Gasteiger partial charge in [-0.25, -0.2) is 5.06 Å². The largest absolute Gasteiger partial charge is 0.371 e. The summed E-state index contributed by atoms with van der Waals surface area (Å²) in [5.74, 6) is 0. The van der Waals surface area contributed by atoms with Gasteiger partial charge in [-0.3, -0.25) is 0 Å². The van der Waals surface area contributed by atoms with Crippen LogP contribution in [0.2, 0.25) is 0 Å². The minimum absolute atomic E-state index is 0.941. The third-order valence-electron chi connectivity index (χ3n) is 0.757. The van der Waals surface area contributed by atoms with Crippen molar-refractivity contribution in [3.8, 4) is 0 Å². The molecule has 2 nitrogen and oxygen atoms in total.